The van der Waals surface area contributed by atoms with Gasteiger partial charge < -0.3 is 0 Å². The maximum atomic E-state index is 13.1. The van der Waals surface area contributed by atoms with Crippen LogP contribution in [0.3, 0.4) is 0 Å². The SMILES string of the molecule is CC(=O)c1nc(C(C)(C)C)ncc1F. The third-order valence-electron chi connectivity index (χ3n) is 1.75. The lowest BCUT2D eigenvalue weighted by atomic mass is 9.95. The lowest BCUT2D eigenvalue weighted by Gasteiger charge is -2.16. The Balaban J connectivity index is 3.27. The lowest BCUT2D eigenvalue weighted by molar-refractivity contribution is 0.100. The maximum Gasteiger partial charge on any atom is 0.181 e. The van der Waals surface area contributed by atoms with Gasteiger partial charge in [-0.25, -0.2) is 14.4 Å². The molecule has 0 aliphatic heterocycles. The van der Waals surface area contributed by atoms with Crippen molar-refractivity contribution in [3.63, 3.8) is 0 Å². The van der Waals surface area contributed by atoms with Crippen molar-refractivity contribution in [2.45, 2.75) is 33.1 Å². The summed E-state index contributed by atoms with van der Waals surface area (Å²) in [6, 6.07) is 0. The van der Waals surface area contributed by atoms with Crippen LogP contribution in [0, 0.1) is 5.82 Å². The monoisotopic (exact) mass is 196 g/mol. The minimum absolute atomic E-state index is 0.134. The molecule has 0 aromatic carbocycles. The Morgan fingerprint density at radius 3 is 2.43 bits per heavy atom. The lowest BCUT2D eigenvalue weighted by Crippen LogP contribution is -2.18. The number of nitrogens with zero attached hydrogens (tertiary/aromatic N) is 2. The number of halogens is 1. The third-order valence-corrected chi connectivity index (χ3v) is 1.75. The summed E-state index contributed by atoms with van der Waals surface area (Å²) < 4.78 is 13.1. The molecule has 4 heteroatoms. The Hall–Kier alpha value is -1.32. The van der Waals surface area contributed by atoms with Gasteiger partial charge in [0, 0.05) is 12.3 Å². The van der Waals surface area contributed by atoms with E-state index in [1.165, 1.54) is 6.92 Å². The minimum atomic E-state index is -0.662. The Kier molecular flexibility index (Phi) is 2.64. The number of carbonyl (C=O) groups is 1. The summed E-state index contributed by atoms with van der Waals surface area (Å²) in [5.41, 5.74) is -0.414. The second-order valence-corrected chi connectivity index (χ2v) is 4.20. The molecule has 1 aromatic rings. The van der Waals surface area contributed by atoms with Gasteiger partial charge in [0.2, 0.25) is 0 Å². The van der Waals surface area contributed by atoms with E-state index in [9.17, 15) is 9.18 Å². The summed E-state index contributed by atoms with van der Waals surface area (Å²) in [6.07, 6.45) is 1.05. The molecule has 0 saturated carbocycles. The van der Waals surface area contributed by atoms with Crippen LogP contribution in [-0.2, 0) is 5.41 Å². The third kappa shape index (κ3) is 2.13. The zero-order valence-electron chi connectivity index (χ0n) is 8.76. The van der Waals surface area contributed by atoms with E-state index < -0.39 is 5.82 Å². The Morgan fingerprint density at radius 2 is 2.00 bits per heavy atom. The molecule has 0 aliphatic rings. The first-order valence-electron chi connectivity index (χ1n) is 4.36. The van der Waals surface area contributed by atoms with E-state index >= 15 is 0 Å². The molecule has 1 aromatic heterocycles. The predicted octanol–water partition coefficient (Wildman–Crippen LogP) is 2.12. The minimum Gasteiger partial charge on any atom is -0.293 e. The maximum absolute atomic E-state index is 13.1. The average Bonchev–Trinajstić information content (AvgIpc) is 2.02. The van der Waals surface area contributed by atoms with Gasteiger partial charge in [0.25, 0.3) is 0 Å². The number of Topliss-reactive ketones (excluding diaryl/α,β-unsaturated/α-hetero) is 1. The number of aromatic nitrogens is 2. The first kappa shape index (κ1) is 10.8. The number of carbonyl (C=O) groups excluding carboxylic acids is 1. The van der Waals surface area contributed by atoms with Crippen molar-refractivity contribution >= 4 is 5.78 Å². The highest BCUT2D eigenvalue weighted by Crippen LogP contribution is 2.18. The van der Waals surface area contributed by atoms with Gasteiger partial charge in [0.15, 0.2) is 11.6 Å². The molecule has 0 atom stereocenters. The summed E-state index contributed by atoms with van der Waals surface area (Å²) >= 11 is 0. The number of hydrogen-bond acceptors (Lipinski definition) is 3. The Bertz CT molecular complexity index is 369. The number of hydrogen-bond donors (Lipinski definition) is 0. The van der Waals surface area contributed by atoms with Gasteiger partial charge in [-0.05, 0) is 0 Å². The van der Waals surface area contributed by atoms with Crippen molar-refractivity contribution in [1.82, 2.24) is 9.97 Å². The molecule has 3 nitrogen and oxygen atoms in total. The standard InChI is InChI=1S/C10H13FN2O/c1-6(14)8-7(11)5-12-9(13-8)10(2,3)4/h5H,1-4H3. The molecule has 0 spiro atoms. The second-order valence-electron chi connectivity index (χ2n) is 4.20. The van der Waals surface area contributed by atoms with Crippen LogP contribution >= 0.6 is 0 Å². The fourth-order valence-electron chi connectivity index (χ4n) is 0.975. The molecular weight excluding hydrogens is 183 g/mol. The highest BCUT2D eigenvalue weighted by molar-refractivity contribution is 5.92. The van der Waals surface area contributed by atoms with Crippen LogP contribution in [0.5, 0.6) is 0 Å². The van der Waals surface area contributed by atoms with E-state index in [2.05, 4.69) is 9.97 Å². The Labute approximate surface area is 82.4 Å². The number of rotatable bonds is 1. The molecule has 0 aliphatic carbocycles. The first-order valence-corrected chi connectivity index (χ1v) is 4.36. The van der Waals surface area contributed by atoms with Gasteiger partial charge in [0.05, 0.1) is 6.20 Å². The normalized spacial score (nSPS) is 11.5. The predicted molar refractivity (Wildman–Crippen MR) is 50.7 cm³/mol. The molecule has 14 heavy (non-hydrogen) atoms. The summed E-state index contributed by atoms with van der Waals surface area (Å²) in [4.78, 5) is 18.8. The van der Waals surface area contributed by atoms with Gasteiger partial charge in [-0.3, -0.25) is 4.79 Å². The molecular formula is C10H13FN2O. The van der Waals surface area contributed by atoms with Crippen LogP contribution in [0.1, 0.15) is 44.0 Å². The largest absolute Gasteiger partial charge is 0.293 e. The summed E-state index contributed by atoms with van der Waals surface area (Å²) in [5, 5.41) is 0. The molecule has 1 rings (SSSR count). The molecule has 1 heterocycles. The topological polar surface area (TPSA) is 42.9 Å². The van der Waals surface area contributed by atoms with Crippen LogP contribution in [0.4, 0.5) is 4.39 Å². The molecule has 0 saturated heterocycles. The van der Waals surface area contributed by atoms with E-state index in [1.54, 1.807) is 0 Å². The van der Waals surface area contributed by atoms with Gasteiger partial charge in [0.1, 0.15) is 11.5 Å². The fourth-order valence-corrected chi connectivity index (χ4v) is 0.975. The van der Waals surface area contributed by atoms with E-state index in [1.807, 2.05) is 20.8 Å². The van der Waals surface area contributed by atoms with Crippen LogP contribution < -0.4 is 0 Å². The van der Waals surface area contributed by atoms with E-state index in [0.717, 1.165) is 6.20 Å². The Morgan fingerprint density at radius 1 is 1.43 bits per heavy atom. The smallest absolute Gasteiger partial charge is 0.181 e. The van der Waals surface area contributed by atoms with Crippen molar-refractivity contribution in [3.8, 4) is 0 Å². The highest BCUT2D eigenvalue weighted by atomic mass is 19.1. The van der Waals surface area contributed by atoms with E-state index in [0.29, 0.717) is 5.82 Å². The first-order chi connectivity index (χ1) is 6.32. The summed E-state index contributed by atoms with van der Waals surface area (Å²) in [6.45, 7) is 7.01. The summed E-state index contributed by atoms with van der Waals surface area (Å²) in [5.74, 6) is -0.565. The van der Waals surface area contributed by atoms with Crippen molar-refractivity contribution in [2.75, 3.05) is 0 Å². The van der Waals surface area contributed by atoms with Crippen LogP contribution in [-0.4, -0.2) is 15.8 Å². The zero-order chi connectivity index (χ0) is 10.9. The van der Waals surface area contributed by atoms with Crippen molar-refractivity contribution in [1.29, 1.82) is 0 Å². The van der Waals surface area contributed by atoms with Crippen LogP contribution in [0.25, 0.3) is 0 Å². The van der Waals surface area contributed by atoms with Crippen molar-refractivity contribution in [2.24, 2.45) is 0 Å². The van der Waals surface area contributed by atoms with Gasteiger partial charge in [-0.15, -0.1) is 0 Å². The fraction of sp³-hybridized carbons (Fsp3) is 0.500. The molecule has 0 radical (unpaired) electrons. The highest BCUT2D eigenvalue weighted by Gasteiger charge is 2.20. The van der Waals surface area contributed by atoms with Gasteiger partial charge in [-0.1, -0.05) is 20.8 Å². The van der Waals surface area contributed by atoms with Gasteiger partial charge >= 0.3 is 0 Å². The molecule has 0 bridgehead atoms. The van der Waals surface area contributed by atoms with Crippen molar-refractivity contribution < 1.29 is 9.18 Å². The van der Waals surface area contributed by atoms with Crippen molar-refractivity contribution in [3.05, 3.63) is 23.5 Å². The van der Waals surface area contributed by atoms with E-state index in [-0.39, 0.29) is 16.9 Å². The summed E-state index contributed by atoms with van der Waals surface area (Å²) in [7, 11) is 0. The molecule has 0 fully saturated rings. The molecule has 76 valence electrons. The van der Waals surface area contributed by atoms with Gasteiger partial charge in [-0.2, -0.15) is 0 Å². The number of ketones is 1. The molecule has 0 N–H and O–H groups in total. The zero-order valence-corrected chi connectivity index (χ0v) is 8.76. The average molecular weight is 196 g/mol. The van der Waals surface area contributed by atoms with Crippen LogP contribution in [0.15, 0.2) is 6.20 Å². The quantitative estimate of drug-likeness (QED) is 0.646. The molecule has 0 unspecified atom stereocenters. The van der Waals surface area contributed by atoms with E-state index in [4.69, 9.17) is 0 Å². The second kappa shape index (κ2) is 3.44. The molecule has 0 amide bonds. The van der Waals surface area contributed by atoms with Crippen LogP contribution in [0.2, 0.25) is 0 Å².